The average molecular weight is 240 g/mol. The number of hydrogen-bond donors (Lipinski definition) is 0. The van der Waals surface area contributed by atoms with Crippen LogP contribution in [0, 0.1) is 32.8 Å². The van der Waals surface area contributed by atoms with Crippen molar-refractivity contribution >= 4 is 5.69 Å². The van der Waals surface area contributed by atoms with Gasteiger partial charge in [0.1, 0.15) is 18.5 Å². The first-order chi connectivity index (χ1) is 8.65. The number of aromatic nitrogens is 3. The van der Waals surface area contributed by atoms with E-state index in [2.05, 4.69) is 10.1 Å². The summed E-state index contributed by atoms with van der Waals surface area (Å²) in [6.07, 6.45) is 1.26. The molecule has 0 saturated carbocycles. The molecule has 18 heavy (non-hydrogen) atoms. The van der Waals surface area contributed by atoms with Gasteiger partial charge in [0.05, 0.1) is 16.2 Å². The van der Waals surface area contributed by atoms with Crippen molar-refractivity contribution in [2.24, 2.45) is 0 Å². The molecule has 0 atom stereocenters. The topological polar surface area (TPSA) is 121 Å². The molecule has 0 aliphatic rings. The molecule has 1 aromatic carbocycles. The van der Waals surface area contributed by atoms with Crippen LogP contribution in [0.15, 0.2) is 24.5 Å². The Labute approximate surface area is 100 Å². The summed E-state index contributed by atoms with van der Waals surface area (Å²) in [5, 5.41) is 31.9. The van der Waals surface area contributed by atoms with Crippen LogP contribution in [0.3, 0.4) is 0 Å². The Balaban J connectivity index is 2.55. The van der Waals surface area contributed by atoms with Gasteiger partial charge < -0.3 is 0 Å². The second-order valence-corrected chi connectivity index (χ2v) is 3.19. The van der Waals surface area contributed by atoms with E-state index in [1.807, 2.05) is 6.07 Å². The fraction of sp³-hybridized carbons (Fsp3) is 0. The Morgan fingerprint density at radius 2 is 2.11 bits per heavy atom. The lowest BCUT2D eigenvalue weighted by atomic mass is 10.2. The van der Waals surface area contributed by atoms with Crippen LogP contribution < -0.4 is 0 Å². The highest BCUT2D eigenvalue weighted by molar-refractivity contribution is 5.53. The van der Waals surface area contributed by atoms with Gasteiger partial charge in [-0.3, -0.25) is 10.1 Å². The molecule has 0 aliphatic heterocycles. The number of nitriles is 2. The molecule has 2 aromatic rings. The van der Waals surface area contributed by atoms with Gasteiger partial charge in [0.15, 0.2) is 0 Å². The van der Waals surface area contributed by atoms with Gasteiger partial charge in [-0.25, -0.2) is 9.67 Å². The summed E-state index contributed by atoms with van der Waals surface area (Å²) < 4.78 is 1.22. The molecule has 86 valence electrons. The van der Waals surface area contributed by atoms with E-state index >= 15 is 0 Å². The van der Waals surface area contributed by atoms with Crippen LogP contribution in [0.4, 0.5) is 5.69 Å². The van der Waals surface area contributed by atoms with Crippen LogP contribution in [-0.2, 0) is 0 Å². The molecule has 0 fully saturated rings. The van der Waals surface area contributed by atoms with E-state index in [-0.39, 0.29) is 17.1 Å². The first-order valence-electron chi connectivity index (χ1n) is 4.66. The van der Waals surface area contributed by atoms with Crippen LogP contribution in [-0.4, -0.2) is 19.7 Å². The second-order valence-electron chi connectivity index (χ2n) is 3.19. The molecule has 0 amide bonds. The minimum absolute atomic E-state index is 0.0442. The molecular formula is C10H4N6O2. The van der Waals surface area contributed by atoms with E-state index in [9.17, 15) is 10.1 Å². The Morgan fingerprint density at radius 1 is 1.33 bits per heavy atom. The number of nitrogens with zero attached hydrogens (tertiary/aromatic N) is 6. The molecule has 0 N–H and O–H groups in total. The SMILES string of the molecule is N#Cc1ncn(-c2ccc([N+](=O)[O-])cc2C#N)n1. The molecule has 8 nitrogen and oxygen atoms in total. The van der Waals surface area contributed by atoms with Crippen molar-refractivity contribution in [3.8, 4) is 17.8 Å². The zero-order chi connectivity index (χ0) is 13.1. The number of benzene rings is 1. The van der Waals surface area contributed by atoms with Crippen molar-refractivity contribution in [3.63, 3.8) is 0 Å². The van der Waals surface area contributed by atoms with Gasteiger partial charge in [-0.05, 0) is 6.07 Å². The number of rotatable bonds is 2. The Bertz CT molecular complexity index is 706. The molecule has 1 heterocycles. The van der Waals surface area contributed by atoms with Crippen molar-refractivity contribution < 1.29 is 4.92 Å². The third-order valence-electron chi connectivity index (χ3n) is 2.15. The lowest BCUT2D eigenvalue weighted by Crippen LogP contribution is -2.00. The van der Waals surface area contributed by atoms with E-state index in [4.69, 9.17) is 10.5 Å². The normalized spacial score (nSPS) is 9.44. The highest BCUT2D eigenvalue weighted by atomic mass is 16.6. The fourth-order valence-corrected chi connectivity index (χ4v) is 1.36. The molecule has 8 heteroatoms. The highest BCUT2D eigenvalue weighted by Gasteiger charge is 2.13. The quantitative estimate of drug-likeness (QED) is 0.568. The lowest BCUT2D eigenvalue weighted by Gasteiger charge is -2.02. The van der Waals surface area contributed by atoms with Crippen molar-refractivity contribution in [2.45, 2.75) is 0 Å². The maximum absolute atomic E-state index is 10.6. The number of nitro benzene ring substituents is 1. The molecule has 0 spiro atoms. The molecule has 0 aliphatic carbocycles. The summed E-state index contributed by atoms with van der Waals surface area (Å²) in [7, 11) is 0. The number of nitro groups is 1. The third-order valence-corrected chi connectivity index (χ3v) is 2.15. The third kappa shape index (κ3) is 1.86. The maximum Gasteiger partial charge on any atom is 0.270 e. The minimum Gasteiger partial charge on any atom is -0.258 e. The summed E-state index contributed by atoms with van der Waals surface area (Å²) in [4.78, 5) is 13.7. The van der Waals surface area contributed by atoms with Crippen molar-refractivity contribution in [3.05, 3.63) is 46.0 Å². The van der Waals surface area contributed by atoms with Crippen LogP contribution in [0.5, 0.6) is 0 Å². The highest BCUT2D eigenvalue weighted by Crippen LogP contribution is 2.19. The van der Waals surface area contributed by atoms with Crippen LogP contribution in [0.25, 0.3) is 5.69 Å². The van der Waals surface area contributed by atoms with Gasteiger partial charge in [-0.1, -0.05) is 0 Å². The standard InChI is InChI=1S/C10H4N6O2/c11-4-7-3-8(16(17)18)1-2-9(7)15-6-13-10(5-12)14-15/h1-3,6H. The first-order valence-corrected chi connectivity index (χ1v) is 4.66. The molecule has 0 bridgehead atoms. The van der Waals surface area contributed by atoms with E-state index in [1.54, 1.807) is 6.07 Å². The van der Waals surface area contributed by atoms with Gasteiger partial charge in [-0.15, -0.1) is 5.10 Å². The monoisotopic (exact) mass is 240 g/mol. The van der Waals surface area contributed by atoms with Crippen LogP contribution in [0.1, 0.15) is 11.4 Å². The van der Waals surface area contributed by atoms with Crippen molar-refractivity contribution in [1.82, 2.24) is 14.8 Å². The Kier molecular flexibility index (Phi) is 2.69. The maximum atomic E-state index is 10.6. The molecule has 2 rings (SSSR count). The summed E-state index contributed by atoms with van der Waals surface area (Å²) in [6, 6.07) is 7.37. The molecule has 0 unspecified atom stereocenters. The predicted octanol–water partition coefficient (Wildman–Crippen LogP) is 0.919. The van der Waals surface area contributed by atoms with Gasteiger partial charge in [0.25, 0.3) is 11.5 Å². The molecular weight excluding hydrogens is 236 g/mol. The van der Waals surface area contributed by atoms with Gasteiger partial charge in [0.2, 0.25) is 0 Å². The Morgan fingerprint density at radius 3 is 2.67 bits per heavy atom. The van der Waals surface area contributed by atoms with Crippen LogP contribution >= 0.6 is 0 Å². The van der Waals surface area contributed by atoms with E-state index in [1.165, 1.54) is 23.1 Å². The molecule has 0 radical (unpaired) electrons. The van der Waals surface area contributed by atoms with E-state index < -0.39 is 4.92 Å². The van der Waals surface area contributed by atoms with Gasteiger partial charge in [-0.2, -0.15) is 10.5 Å². The zero-order valence-corrected chi connectivity index (χ0v) is 8.81. The zero-order valence-electron chi connectivity index (χ0n) is 8.81. The fourth-order valence-electron chi connectivity index (χ4n) is 1.36. The van der Waals surface area contributed by atoms with E-state index in [0.717, 1.165) is 6.07 Å². The van der Waals surface area contributed by atoms with Gasteiger partial charge in [0, 0.05) is 12.1 Å². The summed E-state index contributed by atoms with van der Waals surface area (Å²) in [5.41, 5.74) is 0.228. The molecule has 0 saturated heterocycles. The summed E-state index contributed by atoms with van der Waals surface area (Å²) in [5.74, 6) is -0.0442. The lowest BCUT2D eigenvalue weighted by molar-refractivity contribution is -0.384. The van der Waals surface area contributed by atoms with Gasteiger partial charge >= 0.3 is 0 Å². The second kappa shape index (κ2) is 4.31. The van der Waals surface area contributed by atoms with Crippen molar-refractivity contribution in [1.29, 1.82) is 10.5 Å². The summed E-state index contributed by atoms with van der Waals surface area (Å²) in [6.45, 7) is 0. The van der Waals surface area contributed by atoms with E-state index in [0.29, 0.717) is 5.69 Å². The van der Waals surface area contributed by atoms with Crippen molar-refractivity contribution in [2.75, 3.05) is 0 Å². The Hall–Kier alpha value is -3.26. The summed E-state index contributed by atoms with van der Waals surface area (Å²) >= 11 is 0. The largest absolute Gasteiger partial charge is 0.270 e. The van der Waals surface area contributed by atoms with Crippen LogP contribution in [0.2, 0.25) is 0 Å². The predicted molar refractivity (Wildman–Crippen MR) is 57.4 cm³/mol. The molecule has 1 aromatic heterocycles. The average Bonchev–Trinajstić information content (AvgIpc) is 2.86. The minimum atomic E-state index is -0.591. The number of hydrogen-bond acceptors (Lipinski definition) is 6. The first kappa shape index (κ1) is 11.2. The number of non-ortho nitro benzene ring substituents is 1. The smallest absolute Gasteiger partial charge is 0.258 e.